The Hall–Kier alpha value is -0.963. The third-order valence-corrected chi connectivity index (χ3v) is 10.4. The molecule has 1 fully saturated rings. The Balaban J connectivity index is 2.20. The van der Waals surface area contributed by atoms with Crippen molar-refractivity contribution >= 4 is 25.7 Å². The summed E-state index contributed by atoms with van der Waals surface area (Å²) in [6, 6.07) is -0.306. The van der Waals surface area contributed by atoms with Crippen molar-refractivity contribution < 1.29 is 19.1 Å². The molecule has 1 aromatic heterocycles. The summed E-state index contributed by atoms with van der Waals surface area (Å²) in [5.41, 5.74) is 1.77. The van der Waals surface area contributed by atoms with E-state index in [9.17, 15) is 9.90 Å². The van der Waals surface area contributed by atoms with Gasteiger partial charge in [0.05, 0.1) is 23.9 Å². The van der Waals surface area contributed by atoms with Crippen LogP contribution in [-0.4, -0.2) is 53.9 Å². The molecular formula is C17H30N2O4SSi. The van der Waals surface area contributed by atoms with E-state index in [1.165, 1.54) is 16.2 Å². The first-order valence-corrected chi connectivity index (χ1v) is 12.4. The number of hydrogen-bond donors (Lipinski definition) is 1. The molecule has 2 rings (SSSR count). The van der Waals surface area contributed by atoms with Crippen LogP contribution in [0.1, 0.15) is 40.3 Å². The lowest BCUT2D eigenvalue weighted by molar-refractivity contribution is -0.0757. The number of amides is 1. The summed E-state index contributed by atoms with van der Waals surface area (Å²) in [7, 11) is -1.94. The Morgan fingerprint density at radius 1 is 1.48 bits per heavy atom. The Bertz CT molecular complexity index is 598. The van der Waals surface area contributed by atoms with E-state index in [4.69, 9.17) is 9.16 Å². The molecule has 0 saturated carbocycles. The largest absolute Gasteiger partial charge is 0.465 e. The van der Waals surface area contributed by atoms with Gasteiger partial charge >= 0.3 is 6.09 Å². The van der Waals surface area contributed by atoms with Gasteiger partial charge in [-0.3, -0.25) is 4.90 Å². The fourth-order valence-electron chi connectivity index (χ4n) is 2.87. The number of ether oxygens (including phenoxy) is 1. The second kappa shape index (κ2) is 6.98. The van der Waals surface area contributed by atoms with Crippen LogP contribution in [0.5, 0.6) is 0 Å². The molecule has 2 heterocycles. The Kier molecular flexibility index (Phi) is 5.68. The van der Waals surface area contributed by atoms with Gasteiger partial charge in [-0.1, -0.05) is 20.8 Å². The second-order valence-corrected chi connectivity index (χ2v) is 14.1. The number of carbonyl (C=O) groups is 1. The summed E-state index contributed by atoms with van der Waals surface area (Å²) < 4.78 is 12.4. The normalized spacial score (nSPS) is 23.9. The van der Waals surface area contributed by atoms with E-state index >= 15 is 0 Å². The maximum Gasteiger partial charge on any atom is 0.409 e. The van der Waals surface area contributed by atoms with E-state index < -0.39 is 20.1 Å². The number of nitrogens with zero attached hydrogens (tertiary/aromatic N) is 2. The zero-order chi connectivity index (χ0) is 19.0. The van der Waals surface area contributed by atoms with Crippen molar-refractivity contribution in [2.75, 3.05) is 6.61 Å². The molecule has 8 heteroatoms. The fraction of sp³-hybridized carbons (Fsp3) is 0.765. The molecule has 0 spiro atoms. The number of aromatic nitrogens is 1. The maximum atomic E-state index is 11.9. The first kappa shape index (κ1) is 20.4. The maximum absolute atomic E-state index is 11.9. The summed E-state index contributed by atoms with van der Waals surface area (Å²) in [6.07, 6.45) is -0.743. The molecule has 1 N–H and O–H groups in total. The molecule has 1 aromatic rings. The highest BCUT2D eigenvalue weighted by atomic mass is 32.1. The number of thiazole rings is 1. The van der Waals surface area contributed by atoms with Crippen molar-refractivity contribution in [1.29, 1.82) is 0 Å². The molecule has 2 atom stereocenters. The van der Waals surface area contributed by atoms with Gasteiger partial charge in [-0.2, -0.15) is 0 Å². The molecule has 142 valence electrons. The molecule has 0 aromatic carbocycles. The smallest absolute Gasteiger partial charge is 0.409 e. The standard InChI is InChI=1S/C17H30N2O4SSi/c1-16(2,3)25(6,7)22-9-14-13(8-12-10-24-11-18-12)19(15(20)21)17(4,5)23-14/h10-11,13-14H,8-9H2,1-7H3,(H,20,21). The molecule has 6 nitrogen and oxygen atoms in total. The van der Waals surface area contributed by atoms with Crippen LogP contribution >= 0.6 is 11.3 Å². The van der Waals surface area contributed by atoms with Crippen LogP contribution in [0.2, 0.25) is 18.1 Å². The van der Waals surface area contributed by atoms with Gasteiger partial charge in [0.2, 0.25) is 0 Å². The summed E-state index contributed by atoms with van der Waals surface area (Å²) in [6.45, 7) is 14.9. The number of hydrogen-bond acceptors (Lipinski definition) is 5. The summed E-state index contributed by atoms with van der Waals surface area (Å²) in [5, 5.41) is 11.8. The molecule has 0 radical (unpaired) electrons. The van der Waals surface area contributed by atoms with E-state index in [1.54, 1.807) is 19.4 Å². The molecule has 1 saturated heterocycles. The van der Waals surface area contributed by atoms with Gasteiger partial charge in [-0.15, -0.1) is 11.3 Å². The van der Waals surface area contributed by atoms with Gasteiger partial charge in [-0.05, 0) is 32.0 Å². The van der Waals surface area contributed by atoms with Gasteiger partial charge < -0.3 is 14.3 Å². The van der Waals surface area contributed by atoms with E-state index in [0.717, 1.165) is 5.69 Å². The van der Waals surface area contributed by atoms with Crippen LogP contribution < -0.4 is 0 Å². The lowest BCUT2D eigenvalue weighted by Gasteiger charge is -2.37. The molecule has 0 aliphatic carbocycles. The average molecular weight is 387 g/mol. The van der Waals surface area contributed by atoms with E-state index in [2.05, 4.69) is 38.8 Å². The molecule has 2 unspecified atom stereocenters. The van der Waals surface area contributed by atoms with Gasteiger partial charge in [-0.25, -0.2) is 9.78 Å². The second-order valence-electron chi connectivity index (χ2n) is 8.58. The minimum atomic E-state index is -1.94. The Labute approximate surface area is 155 Å². The zero-order valence-corrected chi connectivity index (χ0v) is 18.0. The lowest BCUT2D eigenvalue weighted by Crippen LogP contribution is -2.49. The highest BCUT2D eigenvalue weighted by molar-refractivity contribution is 7.07. The van der Waals surface area contributed by atoms with Gasteiger partial charge in [0.25, 0.3) is 0 Å². The van der Waals surface area contributed by atoms with Crippen molar-refractivity contribution in [2.24, 2.45) is 0 Å². The van der Waals surface area contributed by atoms with Crippen LogP contribution in [0, 0.1) is 0 Å². The average Bonchev–Trinajstić information content (AvgIpc) is 3.01. The van der Waals surface area contributed by atoms with Crippen molar-refractivity contribution in [1.82, 2.24) is 9.88 Å². The monoisotopic (exact) mass is 386 g/mol. The van der Waals surface area contributed by atoms with Crippen molar-refractivity contribution in [3.05, 3.63) is 16.6 Å². The van der Waals surface area contributed by atoms with Gasteiger partial charge in [0.15, 0.2) is 8.32 Å². The van der Waals surface area contributed by atoms with Crippen LogP contribution in [-0.2, 0) is 15.6 Å². The quantitative estimate of drug-likeness (QED) is 0.768. The topological polar surface area (TPSA) is 71.9 Å². The van der Waals surface area contributed by atoms with Crippen molar-refractivity contribution in [3.8, 4) is 0 Å². The highest BCUT2D eigenvalue weighted by Crippen LogP contribution is 2.39. The molecule has 0 bridgehead atoms. The van der Waals surface area contributed by atoms with E-state index in [0.29, 0.717) is 13.0 Å². The van der Waals surface area contributed by atoms with Crippen molar-refractivity contribution in [3.63, 3.8) is 0 Å². The predicted molar refractivity (Wildman–Crippen MR) is 102 cm³/mol. The minimum Gasteiger partial charge on any atom is -0.465 e. The molecular weight excluding hydrogens is 356 g/mol. The van der Waals surface area contributed by atoms with E-state index in [-0.39, 0.29) is 17.2 Å². The Morgan fingerprint density at radius 2 is 2.12 bits per heavy atom. The third-order valence-electron chi connectivity index (χ3n) is 5.30. The lowest BCUT2D eigenvalue weighted by atomic mass is 10.1. The third kappa shape index (κ3) is 4.42. The zero-order valence-electron chi connectivity index (χ0n) is 16.2. The van der Waals surface area contributed by atoms with Gasteiger partial charge in [0.1, 0.15) is 11.8 Å². The van der Waals surface area contributed by atoms with Crippen LogP contribution in [0.3, 0.4) is 0 Å². The van der Waals surface area contributed by atoms with Gasteiger partial charge in [0, 0.05) is 11.8 Å². The first-order valence-electron chi connectivity index (χ1n) is 8.56. The van der Waals surface area contributed by atoms with Crippen LogP contribution in [0.4, 0.5) is 4.79 Å². The molecule has 1 aliphatic heterocycles. The number of carboxylic acid groups (broad SMARTS) is 1. The summed E-state index contributed by atoms with van der Waals surface area (Å²) in [4.78, 5) is 17.6. The first-order chi connectivity index (χ1) is 11.3. The van der Waals surface area contributed by atoms with Crippen molar-refractivity contribution in [2.45, 2.75) is 77.0 Å². The Morgan fingerprint density at radius 3 is 2.60 bits per heavy atom. The fourth-order valence-corrected chi connectivity index (χ4v) is 4.46. The SMILES string of the molecule is CC1(C)OC(CO[Si](C)(C)C(C)(C)C)C(Cc2cscn2)N1C(=O)O. The van der Waals surface area contributed by atoms with Crippen LogP contribution in [0.25, 0.3) is 0 Å². The summed E-state index contributed by atoms with van der Waals surface area (Å²) >= 11 is 1.51. The highest BCUT2D eigenvalue weighted by Gasteiger charge is 2.51. The van der Waals surface area contributed by atoms with E-state index in [1.807, 2.05) is 5.38 Å². The number of rotatable bonds is 5. The van der Waals surface area contributed by atoms with Crippen LogP contribution in [0.15, 0.2) is 10.9 Å². The molecule has 25 heavy (non-hydrogen) atoms. The predicted octanol–water partition coefficient (Wildman–Crippen LogP) is 4.19. The summed E-state index contributed by atoms with van der Waals surface area (Å²) in [5.74, 6) is 0. The minimum absolute atomic E-state index is 0.0953. The molecule has 1 amide bonds. The molecule has 1 aliphatic rings.